The van der Waals surface area contributed by atoms with E-state index in [1.165, 1.54) is 11.8 Å². The molecule has 4 aromatic rings. The Morgan fingerprint density at radius 3 is 2.76 bits per heavy atom. The number of methoxy groups -OCH3 is 1. The first-order valence-electron chi connectivity index (χ1n) is 9.05. The van der Waals surface area contributed by atoms with Gasteiger partial charge in [-0.2, -0.15) is 0 Å². The lowest BCUT2D eigenvalue weighted by atomic mass is 10.0. The van der Waals surface area contributed by atoms with Crippen LogP contribution in [0.5, 0.6) is 0 Å². The maximum absolute atomic E-state index is 13.0. The molecule has 0 bridgehead atoms. The highest BCUT2D eigenvalue weighted by Crippen LogP contribution is 2.37. The number of pyridine rings is 1. The monoisotopic (exact) mass is 423 g/mol. The molecule has 0 spiro atoms. The van der Waals surface area contributed by atoms with Crippen molar-refractivity contribution >= 4 is 34.3 Å². The Labute approximate surface area is 177 Å². The molecule has 2 aromatic carbocycles. The molecule has 2 aromatic heterocycles. The Hall–Kier alpha value is -2.67. The Kier molecular flexibility index (Phi) is 5.94. The Balaban J connectivity index is 1.88. The van der Waals surface area contributed by atoms with E-state index in [-0.39, 0.29) is 5.56 Å². The number of hydrogen-bond donors (Lipinski definition) is 1. The van der Waals surface area contributed by atoms with E-state index in [4.69, 9.17) is 16.3 Å². The molecule has 0 saturated heterocycles. The summed E-state index contributed by atoms with van der Waals surface area (Å²) >= 11 is 7.52. The first kappa shape index (κ1) is 19.6. The van der Waals surface area contributed by atoms with Gasteiger partial charge in [-0.1, -0.05) is 41.9 Å². The number of rotatable bonds is 6. The Morgan fingerprint density at radius 1 is 1.14 bits per heavy atom. The van der Waals surface area contributed by atoms with Crippen molar-refractivity contribution in [3.05, 3.63) is 81.9 Å². The molecule has 1 N–H and O–H groups in total. The number of hydrogen-bond acceptors (Lipinski definition) is 5. The first-order valence-corrected chi connectivity index (χ1v) is 10.2. The molecule has 0 aliphatic rings. The van der Waals surface area contributed by atoms with Crippen LogP contribution < -0.4 is 5.56 Å². The van der Waals surface area contributed by atoms with Gasteiger partial charge in [-0.25, -0.2) is 9.97 Å². The largest absolute Gasteiger partial charge is 0.384 e. The van der Waals surface area contributed by atoms with Gasteiger partial charge in [0.1, 0.15) is 0 Å². The van der Waals surface area contributed by atoms with Crippen LogP contribution in [0.3, 0.4) is 0 Å². The van der Waals surface area contributed by atoms with Crippen LogP contribution in [0.25, 0.3) is 22.0 Å². The second kappa shape index (κ2) is 8.78. The van der Waals surface area contributed by atoms with Crippen molar-refractivity contribution in [2.24, 2.45) is 0 Å². The number of aromatic nitrogens is 3. The molecular formula is C22H18ClN3O2S. The minimum Gasteiger partial charge on any atom is -0.384 e. The third-order valence-electron chi connectivity index (χ3n) is 4.44. The van der Waals surface area contributed by atoms with Crippen LogP contribution in [0.1, 0.15) is 5.69 Å². The molecular weight excluding hydrogens is 406 g/mol. The SMILES string of the molecule is COCCc1ccnc(Sc2c(-c3ccccc3)c3cc(Cl)ccc3[nH]c2=O)n1. The summed E-state index contributed by atoms with van der Waals surface area (Å²) in [4.78, 5) is 25.4. The number of benzene rings is 2. The van der Waals surface area contributed by atoms with Crippen molar-refractivity contribution in [1.82, 2.24) is 15.0 Å². The number of nitrogens with zero attached hydrogens (tertiary/aromatic N) is 2. The number of halogens is 1. The molecule has 0 atom stereocenters. The highest BCUT2D eigenvalue weighted by molar-refractivity contribution is 7.99. The van der Waals surface area contributed by atoms with E-state index < -0.39 is 0 Å². The van der Waals surface area contributed by atoms with E-state index in [1.54, 1.807) is 19.4 Å². The zero-order chi connectivity index (χ0) is 20.2. The molecule has 0 amide bonds. The van der Waals surface area contributed by atoms with Crippen LogP contribution in [-0.2, 0) is 11.2 Å². The number of ether oxygens (including phenoxy) is 1. The van der Waals surface area contributed by atoms with Gasteiger partial charge in [-0.15, -0.1) is 0 Å². The van der Waals surface area contributed by atoms with Gasteiger partial charge in [-0.05, 0) is 41.6 Å². The lowest BCUT2D eigenvalue weighted by molar-refractivity contribution is 0.201. The summed E-state index contributed by atoms with van der Waals surface area (Å²) in [5.74, 6) is 0. The maximum Gasteiger partial charge on any atom is 0.263 e. The highest BCUT2D eigenvalue weighted by Gasteiger charge is 2.17. The molecule has 29 heavy (non-hydrogen) atoms. The van der Waals surface area contributed by atoms with E-state index in [2.05, 4.69) is 15.0 Å². The second-order valence-electron chi connectivity index (χ2n) is 6.39. The topological polar surface area (TPSA) is 67.9 Å². The molecule has 2 heterocycles. The Morgan fingerprint density at radius 2 is 1.97 bits per heavy atom. The molecule has 5 nitrogen and oxygen atoms in total. The number of H-pyrrole nitrogens is 1. The van der Waals surface area contributed by atoms with Crippen LogP contribution in [0, 0.1) is 0 Å². The third-order valence-corrected chi connectivity index (χ3v) is 5.65. The Bertz CT molecular complexity index is 1210. The predicted molar refractivity (Wildman–Crippen MR) is 117 cm³/mol. The predicted octanol–water partition coefficient (Wildman–Crippen LogP) is 4.98. The van der Waals surface area contributed by atoms with Crippen LogP contribution >= 0.6 is 23.4 Å². The fourth-order valence-corrected chi connectivity index (χ4v) is 4.20. The number of fused-ring (bicyclic) bond motifs is 1. The maximum atomic E-state index is 13.0. The van der Waals surface area contributed by atoms with E-state index in [0.717, 1.165) is 27.7 Å². The van der Waals surface area contributed by atoms with E-state index in [1.807, 2.05) is 48.5 Å². The van der Waals surface area contributed by atoms with Crippen molar-refractivity contribution < 1.29 is 4.74 Å². The molecule has 0 radical (unpaired) electrons. The summed E-state index contributed by atoms with van der Waals surface area (Å²) in [6.07, 6.45) is 2.39. The van der Waals surface area contributed by atoms with Crippen molar-refractivity contribution in [2.75, 3.05) is 13.7 Å². The second-order valence-corrected chi connectivity index (χ2v) is 7.80. The van der Waals surface area contributed by atoms with Crippen LogP contribution in [0.4, 0.5) is 0 Å². The van der Waals surface area contributed by atoms with Crippen molar-refractivity contribution in [3.63, 3.8) is 0 Å². The van der Waals surface area contributed by atoms with Crippen LogP contribution in [-0.4, -0.2) is 28.7 Å². The van der Waals surface area contributed by atoms with Gasteiger partial charge in [0.2, 0.25) is 0 Å². The van der Waals surface area contributed by atoms with Gasteiger partial charge in [-0.3, -0.25) is 4.79 Å². The van der Waals surface area contributed by atoms with Gasteiger partial charge in [0.05, 0.1) is 11.5 Å². The first-order chi connectivity index (χ1) is 14.2. The average molecular weight is 424 g/mol. The van der Waals surface area contributed by atoms with Crippen LogP contribution in [0.15, 0.2) is 75.6 Å². The van der Waals surface area contributed by atoms with Crippen molar-refractivity contribution in [2.45, 2.75) is 16.5 Å². The zero-order valence-corrected chi connectivity index (χ0v) is 17.3. The molecule has 0 unspecified atom stereocenters. The molecule has 0 aliphatic heterocycles. The normalized spacial score (nSPS) is 11.1. The molecule has 0 saturated carbocycles. The van der Waals surface area contributed by atoms with E-state index in [0.29, 0.717) is 28.1 Å². The summed E-state index contributed by atoms with van der Waals surface area (Å²) in [7, 11) is 1.66. The van der Waals surface area contributed by atoms with E-state index >= 15 is 0 Å². The molecule has 4 rings (SSSR count). The fraction of sp³-hybridized carbons (Fsp3) is 0.136. The lowest BCUT2D eigenvalue weighted by Crippen LogP contribution is -2.11. The minimum absolute atomic E-state index is 0.186. The van der Waals surface area contributed by atoms with Gasteiger partial charge in [0.25, 0.3) is 5.56 Å². The molecule has 146 valence electrons. The summed E-state index contributed by atoms with van der Waals surface area (Å²) in [5.41, 5.74) is 3.17. The minimum atomic E-state index is -0.186. The van der Waals surface area contributed by atoms with Crippen molar-refractivity contribution in [1.29, 1.82) is 0 Å². The average Bonchev–Trinajstić information content (AvgIpc) is 2.74. The summed E-state index contributed by atoms with van der Waals surface area (Å²) in [6.45, 7) is 0.575. The summed E-state index contributed by atoms with van der Waals surface area (Å²) < 4.78 is 5.12. The summed E-state index contributed by atoms with van der Waals surface area (Å²) in [5, 5.41) is 2.00. The number of aromatic amines is 1. The smallest absolute Gasteiger partial charge is 0.263 e. The zero-order valence-electron chi connectivity index (χ0n) is 15.7. The quantitative estimate of drug-likeness (QED) is 0.443. The summed E-state index contributed by atoms with van der Waals surface area (Å²) in [6, 6.07) is 17.1. The highest BCUT2D eigenvalue weighted by atomic mass is 35.5. The lowest BCUT2D eigenvalue weighted by Gasteiger charge is -2.12. The van der Waals surface area contributed by atoms with Gasteiger partial charge < -0.3 is 9.72 Å². The number of nitrogens with one attached hydrogen (secondary N) is 1. The molecule has 0 aliphatic carbocycles. The van der Waals surface area contributed by atoms with Gasteiger partial charge >= 0.3 is 0 Å². The van der Waals surface area contributed by atoms with Gasteiger partial charge in [0.15, 0.2) is 5.16 Å². The van der Waals surface area contributed by atoms with Gasteiger partial charge in [0, 0.05) is 46.9 Å². The van der Waals surface area contributed by atoms with E-state index in [9.17, 15) is 4.79 Å². The van der Waals surface area contributed by atoms with Crippen molar-refractivity contribution in [3.8, 4) is 11.1 Å². The third kappa shape index (κ3) is 4.34. The molecule has 7 heteroatoms. The standard InChI is InChI=1S/C22H18ClN3O2S/c1-28-12-10-16-9-11-24-22(25-16)29-20-19(14-5-3-2-4-6-14)17-13-15(23)7-8-18(17)26-21(20)27/h2-9,11,13H,10,12H2,1H3,(H,26,27). The molecule has 0 fully saturated rings. The fourth-order valence-electron chi connectivity index (χ4n) is 3.10. The van der Waals surface area contributed by atoms with Crippen LogP contribution in [0.2, 0.25) is 5.02 Å².